The minimum Gasteiger partial charge on any atom is -0.495 e. The molecule has 2 aromatic rings. The van der Waals surface area contributed by atoms with Gasteiger partial charge in [-0.1, -0.05) is 23.7 Å². The highest BCUT2D eigenvalue weighted by Gasteiger charge is 2.17. The standard InChI is InChI=1S/C19H23ClFN3O3/c1-24(2)16(12-5-7-13(21)8-6-12)11-22-19(25)23-15-10-17(26-3)14(20)9-18(15)27-4/h5-10,16H,11H2,1-4H3,(H2,22,23,25). The lowest BCUT2D eigenvalue weighted by atomic mass is 10.1. The number of nitrogens with zero attached hydrogens (tertiary/aromatic N) is 1. The number of ether oxygens (including phenoxy) is 2. The van der Waals surface area contributed by atoms with Gasteiger partial charge in [-0.2, -0.15) is 0 Å². The van der Waals surface area contributed by atoms with Crippen LogP contribution in [0.1, 0.15) is 11.6 Å². The van der Waals surface area contributed by atoms with E-state index in [-0.39, 0.29) is 11.9 Å². The highest BCUT2D eigenvalue weighted by Crippen LogP contribution is 2.35. The molecule has 2 amide bonds. The summed E-state index contributed by atoms with van der Waals surface area (Å²) in [4.78, 5) is 14.3. The van der Waals surface area contributed by atoms with Crippen molar-refractivity contribution in [3.8, 4) is 11.5 Å². The number of rotatable bonds is 7. The molecule has 27 heavy (non-hydrogen) atoms. The molecule has 1 atom stereocenters. The van der Waals surface area contributed by atoms with E-state index in [2.05, 4.69) is 10.6 Å². The van der Waals surface area contributed by atoms with E-state index in [1.54, 1.807) is 24.3 Å². The van der Waals surface area contributed by atoms with Crippen LogP contribution in [-0.4, -0.2) is 45.8 Å². The number of amides is 2. The SMILES string of the molecule is COc1cc(NC(=O)NCC(c2ccc(F)cc2)N(C)C)c(OC)cc1Cl. The van der Waals surface area contributed by atoms with Gasteiger partial charge in [-0.05, 0) is 31.8 Å². The fraction of sp³-hybridized carbons (Fsp3) is 0.316. The van der Waals surface area contributed by atoms with Crippen LogP contribution in [0, 0.1) is 5.82 Å². The Morgan fingerprint density at radius 2 is 1.78 bits per heavy atom. The number of hydrogen-bond donors (Lipinski definition) is 2. The summed E-state index contributed by atoms with van der Waals surface area (Å²) in [6.45, 7) is 0.331. The Kier molecular flexibility index (Phi) is 7.27. The van der Waals surface area contributed by atoms with E-state index >= 15 is 0 Å². The van der Waals surface area contributed by atoms with Crippen LogP contribution in [0.15, 0.2) is 36.4 Å². The predicted molar refractivity (Wildman–Crippen MR) is 104 cm³/mol. The van der Waals surface area contributed by atoms with Crippen molar-refractivity contribution < 1.29 is 18.7 Å². The van der Waals surface area contributed by atoms with E-state index in [0.29, 0.717) is 28.8 Å². The average Bonchev–Trinajstić information content (AvgIpc) is 2.64. The van der Waals surface area contributed by atoms with Gasteiger partial charge >= 0.3 is 6.03 Å². The number of nitrogens with one attached hydrogen (secondary N) is 2. The highest BCUT2D eigenvalue weighted by atomic mass is 35.5. The molecule has 8 heteroatoms. The molecule has 0 saturated heterocycles. The summed E-state index contributed by atoms with van der Waals surface area (Å²) < 4.78 is 23.6. The summed E-state index contributed by atoms with van der Waals surface area (Å²) >= 11 is 6.07. The van der Waals surface area contributed by atoms with Gasteiger partial charge in [-0.15, -0.1) is 0 Å². The molecule has 0 aliphatic rings. The van der Waals surface area contributed by atoms with Crippen LogP contribution in [0.4, 0.5) is 14.9 Å². The quantitative estimate of drug-likeness (QED) is 0.745. The molecular weight excluding hydrogens is 373 g/mol. The Labute approximate surface area is 163 Å². The summed E-state index contributed by atoms with van der Waals surface area (Å²) in [6.07, 6.45) is 0. The van der Waals surface area contributed by atoms with Crippen molar-refractivity contribution in [3.63, 3.8) is 0 Å². The third-order valence-corrected chi connectivity index (χ3v) is 4.35. The first kappa shape index (κ1) is 20.8. The summed E-state index contributed by atoms with van der Waals surface area (Å²) in [6, 6.07) is 8.83. The molecule has 0 fully saturated rings. The first-order valence-corrected chi connectivity index (χ1v) is 8.61. The Morgan fingerprint density at radius 1 is 1.15 bits per heavy atom. The molecule has 0 saturated carbocycles. The molecule has 0 aliphatic carbocycles. The molecule has 2 N–H and O–H groups in total. The van der Waals surface area contributed by atoms with Crippen molar-refractivity contribution in [2.45, 2.75) is 6.04 Å². The number of methoxy groups -OCH3 is 2. The molecule has 146 valence electrons. The van der Waals surface area contributed by atoms with E-state index in [0.717, 1.165) is 5.56 Å². The maximum absolute atomic E-state index is 13.1. The Hall–Kier alpha value is -2.51. The fourth-order valence-corrected chi connectivity index (χ4v) is 2.83. The molecule has 0 aromatic heterocycles. The van der Waals surface area contributed by atoms with Crippen LogP contribution in [0.25, 0.3) is 0 Å². The second kappa shape index (κ2) is 9.43. The van der Waals surface area contributed by atoms with Crippen molar-refractivity contribution in [1.82, 2.24) is 10.2 Å². The normalized spacial score (nSPS) is 11.8. The zero-order chi connectivity index (χ0) is 20.0. The zero-order valence-electron chi connectivity index (χ0n) is 15.7. The molecule has 0 bridgehead atoms. The van der Waals surface area contributed by atoms with Crippen LogP contribution in [0.2, 0.25) is 5.02 Å². The monoisotopic (exact) mass is 395 g/mol. The van der Waals surface area contributed by atoms with Crippen molar-refractivity contribution in [1.29, 1.82) is 0 Å². The van der Waals surface area contributed by atoms with Crippen LogP contribution < -0.4 is 20.1 Å². The van der Waals surface area contributed by atoms with E-state index in [1.807, 2.05) is 19.0 Å². The number of anilines is 1. The van der Waals surface area contributed by atoms with E-state index in [1.165, 1.54) is 26.4 Å². The van der Waals surface area contributed by atoms with Gasteiger partial charge < -0.3 is 25.0 Å². The largest absolute Gasteiger partial charge is 0.495 e. The molecule has 1 unspecified atom stereocenters. The summed E-state index contributed by atoms with van der Waals surface area (Å²) in [7, 11) is 6.75. The van der Waals surface area contributed by atoms with Crippen molar-refractivity contribution in [3.05, 3.63) is 52.8 Å². The summed E-state index contributed by atoms with van der Waals surface area (Å²) in [5.41, 5.74) is 1.33. The Balaban J connectivity index is 2.07. The Bertz CT molecular complexity index is 785. The van der Waals surface area contributed by atoms with Crippen molar-refractivity contribution in [2.24, 2.45) is 0 Å². The average molecular weight is 396 g/mol. The number of hydrogen-bond acceptors (Lipinski definition) is 4. The molecule has 0 radical (unpaired) electrons. The van der Waals surface area contributed by atoms with Gasteiger partial charge in [-0.25, -0.2) is 9.18 Å². The van der Waals surface area contributed by atoms with Gasteiger partial charge in [0.05, 0.1) is 31.0 Å². The molecule has 2 rings (SSSR count). The van der Waals surface area contributed by atoms with Crippen LogP contribution in [-0.2, 0) is 0 Å². The van der Waals surface area contributed by atoms with Gasteiger partial charge in [0.2, 0.25) is 0 Å². The predicted octanol–water partition coefficient (Wildman–Crippen LogP) is 3.92. The highest BCUT2D eigenvalue weighted by molar-refractivity contribution is 6.32. The molecule has 6 nitrogen and oxygen atoms in total. The van der Waals surface area contributed by atoms with Crippen LogP contribution in [0.3, 0.4) is 0 Å². The zero-order valence-corrected chi connectivity index (χ0v) is 16.4. The molecule has 0 aliphatic heterocycles. The molecule has 0 heterocycles. The van der Waals surface area contributed by atoms with Gasteiger partial charge in [0.15, 0.2) is 0 Å². The number of urea groups is 1. The van der Waals surface area contributed by atoms with Gasteiger partial charge in [-0.3, -0.25) is 0 Å². The fourth-order valence-electron chi connectivity index (χ4n) is 2.60. The molecular formula is C19H23ClFN3O3. The first-order valence-electron chi connectivity index (χ1n) is 8.24. The molecule has 2 aromatic carbocycles. The van der Waals surface area contributed by atoms with Gasteiger partial charge in [0.1, 0.15) is 17.3 Å². The van der Waals surface area contributed by atoms with Crippen molar-refractivity contribution in [2.75, 3.05) is 40.2 Å². The van der Waals surface area contributed by atoms with Gasteiger partial charge in [0.25, 0.3) is 0 Å². The number of halogens is 2. The minimum absolute atomic E-state index is 0.113. The minimum atomic E-state index is -0.411. The number of carbonyl (C=O) groups excluding carboxylic acids is 1. The van der Waals surface area contributed by atoms with Crippen molar-refractivity contribution >= 4 is 23.3 Å². The lowest BCUT2D eigenvalue weighted by Crippen LogP contribution is -2.37. The lowest BCUT2D eigenvalue weighted by molar-refractivity contribution is 0.243. The smallest absolute Gasteiger partial charge is 0.319 e. The third kappa shape index (κ3) is 5.48. The van der Waals surface area contributed by atoms with E-state index < -0.39 is 6.03 Å². The second-order valence-electron chi connectivity index (χ2n) is 6.05. The maximum atomic E-state index is 13.1. The number of likely N-dealkylation sites (N-methyl/N-ethyl adjacent to an activating group) is 1. The lowest BCUT2D eigenvalue weighted by Gasteiger charge is -2.25. The van der Waals surface area contributed by atoms with E-state index in [4.69, 9.17) is 21.1 Å². The Morgan fingerprint density at radius 3 is 2.33 bits per heavy atom. The summed E-state index contributed by atoms with van der Waals surface area (Å²) in [5, 5.41) is 5.92. The second-order valence-corrected chi connectivity index (χ2v) is 6.46. The first-order chi connectivity index (χ1) is 12.8. The third-order valence-electron chi connectivity index (χ3n) is 4.06. The van der Waals surface area contributed by atoms with Crippen LogP contribution in [0.5, 0.6) is 11.5 Å². The van der Waals surface area contributed by atoms with E-state index in [9.17, 15) is 9.18 Å². The topological polar surface area (TPSA) is 62.8 Å². The number of carbonyl (C=O) groups is 1. The number of benzene rings is 2. The molecule has 0 spiro atoms. The van der Waals surface area contributed by atoms with Crippen LogP contribution >= 0.6 is 11.6 Å². The maximum Gasteiger partial charge on any atom is 0.319 e. The summed E-state index contributed by atoms with van der Waals surface area (Å²) in [5.74, 6) is 0.537. The van der Waals surface area contributed by atoms with Gasteiger partial charge in [0, 0.05) is 18.7 Å².